The third-order valence-electron chi connectivity index (χ3n) is 2.56. The van der Waals surface area contributed by atoms with Gasteiger partial charge < -0.3 is 15.8 Å². The van der Waals surface area contributed by atoms with Crippen LogP contribution < -0.4 is 11.1 Å². The molecular formula is C17H25N3O2. The number of nitrogens with one attached hydrogen (secondary N) is 1. The Kier molecular flexibility index (Phi) is 6.16. The van der Waals surface area contributed by atoms with Crippen molar-refractivity contribution in [1.82, 2.24) is 5.32 Å². The first-order chi connectivity index (χ1) is 10.2. The van der Waals surface area contributed by atoms with Crippen molar-refractivity contribution in [3.8, 4) is 0 Å². The number of ether oxygens (including phenoxy) is 1. The van der Waals surface area contributed by atoms with Crippen LogP contribution in [0.15, 0.2) is 41.4 Å². The van der Waals surface area contributed by atoms with Gasteiger partial charge in [0.25, 0.3) is 0 Å². The van der Waals surface area contributed by atoms with Gasteiger partial charge >= 0.3 is 5.97 Å². The zero-order chi connectivity index (χ0) is 16.8. The Hall–Kier alpha value is -2.30. The van der Waals surface area contributed by atoms with E-state index in [0.717, 1.165) is 11.1 Å². The molecule has 0 atom stereocenters. The Morgan fingerprint density at radius 1 is 1.41 bits per heavy atom. The molecule has 1 aromatic carbocycles. The van der Waals surface area contributed by atoms with Gasteiger partial charge in [0, 0.05) is 6.54 Å². The molecule has 0 heterocycles. The second kappa shape index (κ2) is 7.64. The lowest BCUT2D eigenvalue weighted by Crippen LogP contribution is -2.32. The molecule has 0 amide bonds. The van der Waals surface area contributed by atoms with E-state index < -0.39 is 5.60 Å². The number of benzene rings is 1. The van der Waals surface area contributed by atoms with Crippen LogP contribution in [0, 0.1) is 0 Å². The normalized spacial score (nSPS) is 11.9. The van der Waals surface area contributed by atoms with Crippen molar-refractivity contribution in [2.24, 2.45) is 10.7 Å². The summed E-state index contributed by atoms with van der Waals surface area (Å²) in [5.41, 5.74) is 7.62. The maximum atomic E-state index is 12.0. The molecule has 0 fully saturated rings. The summed E-state index contributed by atoms with van der Waals surface area (Å²) in [6, 6.07) is 7.19. The molecule has 0 saturated heterocycles. The molecule has 1 aromatic rings. The minimum Gasteiger partial charge on any atom is -0.456 e. The van der Waals surface area contributed by atoms with Gasteiger partial charge in [-0.15, -0.1) is 0 Å². The average molecular weight is 303 g/mol. The second-order valence-corrected chi connectivity index (χ2v) is 6.21. The SMILES string of the molecule is C=C(C)CNC(N)=NCc1cccc(C(=O)OC(C)(C)C)c1. The third-order valence-corrected chi connectivity index (χ3v) is 2.56. The first-order valence-electron chi connectivity index (χ1n) is 7.18. The lowest BCUT2D eigenvalue weighted by molar-refractivity contribution is 0.00694. The number of nitrogens with two attached hydrogens (primary N) is 1. The van der Waals surface area contributed by atoms with E-state index in [9.17, 15) is 4.79 Å². The molecule has 0 aliphatic heterocycles. The number of rotatable bonds is 5. The number of hydrogen-bond acceptors (Lipinski definition) is 3. The fourth-order valence-electron chi connectivity index (χ4n) is 1.61. The Labute approximate surface area is 132 Å². The van der Waals surface area contributed by atoms with Gasteiger partial charge in [-0.2, -0.15) is 0 Å². The number of hydrogen-bond donors (Lipinski definition) is 2. The van der Waals surface area contributed by atoms with Crippen molar-refractivity contribution in [3.05, 3.63) is 47.5 Å². The Morgan fingerprint density at radius 2 is 2.09 bits per heavy atom. The average Bonchev–Trinajstić information content (AvgIpc) is 2.41. The molecule has 5 nitrogen and oxygen atoms in total. The van der Waals surface area contributed by atoms with Crippen molar-refractivity contribution in [2.75, 3.05) is 6.54 Å². The molecule has 22 heavy (non-hydrogen) atoms. The predicted molar refractivity (Wildman–Crippen MR) is 89.8 cm³/mol. The number of nitrogens with zero attached hydrogens (tertiary/aromatic N) is 1. The van der Waals surface area contributed by atoms with E-state index >= 15 is 0 Å². The van der Waals surface area contributed by atoms with Crippen LogP contribution in [-0.4, -0.2) is 24.1 Å². The quantitative estimate of drug-likeness (QED) is 0.379. The van der Waals surface area contributed by atoms with E-state index in [-0.39, 0.29) is 5.97 Å². The van der Waals surface area contributed by atoms with Crippen molar-refractivity contribution < 1.29 is 9.53 Å². The van der Waals surface area contributed by atoms with Gasteiger partial charge in [0.05, 0.1) is 12.1 Å². The van der Waals surface area contributed by atoms with Crippen molar-refractivity contribution in [3.63, 3.8) is 0 Å². The van der Waals surface area contributed by atoms with E-state index in [1.54, 1.807) is 12.1 Å². The molecule has 0 aliphatic rings. The summed E-state index contributed by atoms with van der Waals surface area (Å²) in [4.78, 5) is 16.3. The van der Waals surface area contributed by atoms with Gasteiger partial charge in [-0.3, -0.25) is 0 Å². The topological polar surface area (TPSA) is 76.7 Å². The zero-order valence-corrected chi connectivity index (χ0v) is 13.8. The van der Waals surface area contributed by atoms with Crippen LogP contribution in [0.5, 0.6) is 0 Å². The minimum absolute atomic E-state index is 0.341. The maximum Gasteiger partial charge on any atom is 0.338 e. The fraction of sp³-hybridized carbons (Fsp3) is 0.412. The first-order valence-corrected chi connectivity index (χ1v) is 7.18. The van der Waals surface area contributed by atoms with Gasteiger partial charge in [0.15, 0.2) is 5.96 Å². The van der Waals surface area contributed by atoms with Crippen LogP contribution in [0.2, 0.25) is 0 Å². The number of carbonyl (C=O) groups excluding carboxylic acids is 1. The maximum absolute atomic E-state index is 12.0. The minimum atomic E-state index is -0.512. The van der Waals surface area contributed by atoms with Gasteiger partial charge in [-0.25, -0.2) is 9.79 Å². The monoisotopic (exact) mass is 303 g/mol. The molecule has 0 unspecified atom stereocenters. The van der Waals surface area contributed by atoms with Crippen LogP contribution in [-0.2, 0) is 11.3 Å². The summed E-state index contributed by atoms with van der Waals surface area (Å²) in [5.74, 6) is 0.0115. The van der Waals surface area contributed by atoms with Crippen LogP contribution in [0.1, 0.15) is 43.6 Å². The summed E-state index contributed by atoms with van der Waals surface area (Å²) < 4.78 is 5.35. The zero-order valence-electron chi connectivity index (χ0n) is 13.8. The fourth-order valence-corrected chi connectivity index (χ4v) is 1.61. The number of carbonyl (C=O) groups is 1. The molecule has 0 spiro atoms. The Morgan fingerprint density at radius 3 is 2.68 bits per heavy atom. The van der Waals surface area contributed by atoms with Crippen LogP contribution in [0.25, 0.3) is 0 Å². The van der Waals surface area contributed by atoms with Crippen LogP contribution in [0.4, 0.5) is 0 Å². The molecule has 0 bridgehead atoms. The Balaban J connectivity index is 2.70. The standard InChI is InChI=1S/C17H25N3O2/c1-12(2)10-19-16(18)20-11-13-7-6-8-14(9-13)15(21)22-17(3,4)5/h6-9H,1,10-11H2,2-5H3,(H3,18,19,20). The summed E-state index contributed by atoms with van der Waals surface area (Å²) in [6.45, 7) is 12.2. The molecule has 5 heteroatoms. The molecule has 0 aliphatic carbocycles. The highest BCUT2D eigenvalue weighted by atomic mass is 16.6. The summed E-state index contributed by atoms with van der Waals surface area (Å²) >= 11 is 0. The van der Waals surface area contributed by atoms with Crippen molar-refractivity contribution in [2.45, 2.75) is 39.8 Å². The van der Waals surface area contributed by atoms with E-state index in [0.29, 0.717) is 24.6 Å². The summed E-state index contributed by atoms with van der Waals surface area (Å²) in [7, 11) is 0. The molecule has 0 saturated carbocycles. The van der Waals surface area contributed by atoms with Crippen molar-refractivity contribution in [1.29, 1.82) is 0 Å². The largest absolute Gasteiger partial charge is 0.456 e. The Bertz CT molecular complexity index is 572. The highest BCUT2D eigenvalue weighted by molar-refractivity contribution is 5.89. The lowest BCUT2D eigenvalue weighted by Gasteiger charge is -2.19. The molecule has 1 rings (SSSR count). The first kappa shape index (κ1) is 17.8. The van der Waals surface area contributed by atoms with E-state index in [2.05, 4.69) is 16.9 Å². The summed E-state index contributed by atoms with van der Waals surface area (Å²) in [5, 5.41) is 2.96. The van der Waals surface area contributed by atoms with E-state index in [1.165, 1.54) is 0 Å². The van der Waals surface area contributed by atoms with E-state index in [1.807, 2.05) is 39.8 Å². The molecule has 0 radical (unpaired) electrons. The predicted octanol–water partition coefficient (Wildman–Crippen LogP) is 2.62. The molecule has 0 aromatic heterocycles. The van der Waals surface area contributed by atoms with Crippen LogP contribution in [0.3, 0.4) is 0 Å². The van der Waals surface area contributed by atoms with Gasteiger partial charge in [0.2, 0.25) is 0 Å². The van der Waals surface area contributed by atoms with Gasteiger partial charge in [-0.1, -0.05) is 24.3 Å². The highest BCUT2D eigenvalue weighted by Gasteiger charge is 2.17. The van der Waals surface area contributed by atoms with Gasteiger partial charge in [-0.05, 0) is 45.4 Å². The summed E-state index contributed by atoms with van der Waals surface area (Å²) in [6.07, 6.45) is 0. The molecule has 3 N–H and O–H groups in total. The van der Waals surface area contributed by atoms with Gasteiger partial charge in [0.1, 0.15) is 5.60 Å². The number of guanidine groups is 1. The number of aliphatic imine (C=N–C) groups is 1. The number of esters is 1. The molecular weight excluding hydrogens is 278 g/mol. The van der Waals surface area contributed by atoms with Crippen molar-refractivity contribution >= 4 is 11.9 Å². The lowest BCUT2D eigenvalue weighted by atomic mass is 10.1. The third kappa shape index (κ3) is 6.92. The smallest absolute Gasteiger partial charge is 0.338 e. The van der Waals surface area contributed by atoms with Crippen LogP contribution >= 0.6 is 0 Å². The molecule has 120 valence electrons. The van der Waals surface area contributed by atoms with E-state index in [4.69, 9.17) is 10.5 Å². The highest BCUT2D eigenvalue weighted by Crippen LogP contribution is 2.13. The second-order valence-electron chi connectivity index (χ2n) is 6.21.